The number of hydrogen-bond donors (Lipinski definition) is 1. The molecule has 130 valence electrons. The number of benzene rings is 1. The molecule has 2 heterocycles. The summed E-state index contributed by atoms with van der Waals surface area (Å²) in [5, 5.41) is 9.99. The third-order valence-electron chi connectivity index (χ3n) is 5.14. The van der Waals surface area contributed by atoms with Crippen LogP contribution in [0.4, 0.5) is 5.69 Å². The average Bonchev–Trinajstić information content (AvgIpc) is 3.08. The molecule has 1 N–H and O–H groups in total. The number of rotatable bonds is 3. The molecule has 5 nitrogen and oxygen atoms in total. The molecule has 0 aromatic heterocycles. The molecule has 0 aliphatic carbocycles. The van der Waals surface area contributed by atoms with Crippen molar-refractivity contribution in [2.75, 3.05) is 31.1 Å². The minimum atomic E-state index is -0.868. The van der Waals surface area contributed by atoms with Gasteiger partial charge in [0.25, 0.3) is 5.91 Å². The molecule has 1 atom stereocenters. The molecule has 2 fully saturated rings. The van der Waals surface area contributed by atoms with Gasteiger partial charge in [-0.2, -0.15) is 0 Å². The fraction of sp³-hybridized carbons (Fsp3) is 0.556. The molecular weight excluding hydrogens is 328 g/mol. The lowest BCUT2D eigenvalue weighted by molar-refractivity contribution is -0.150. The van der Waals surface area contributed by atoms with Gasteiger partial charge in [-0.1, -0.05) is 11.6 Å². The van der Waals surface area contributed by atoms with E-state index in [0.717, 1.165) is 18.8 Å². The van der Waals surface area contributed by atoms with Crippen molar-refractivity contribution in [1.82, 2.24) is 4.90 Å². The Hall–Kier alpha value is -1.75. The van der Waals surface area contributed by atoms with Crippen molar-refractivity contribution in [1.29, 1.82) is 0 Å². The number of anilines is 1. The lowest BCUT2D eigenvalue weighted by Crippen LogP contribution is -2.48. The molecule has 0 bridgehead atoms. The van der Waals surface area contributed by atoms with Crippen molar-refractivity contribution in [2.24, 2.45) is 5.41 Å². The fourth-order valence-corrected chi connectivity index (χ4v) is 3.92. The molecule has 6 heteroatoms. The molecule has 2 aliphatic heterocycles. The molecule has 1 aromatic rings. The van der Waals surface area contributed by atoms with Crippen LogP contribution in [0.3, 0.4) is 0 Å². The maximum atomic E-state index is 12.8. The van der Waals surface area contributed by atoms with Crippen molar-refractivity contribution in [3.63, 3.8) is 0 Å². The number of carbonyl (C=O) groups is 2. The average molecular weight is 351 g/mol. The monoisotopic (exact) mass is 350 g/mol. The summed E-state index contributed by atoms with van der Waals surface area (Å²) in [4.78, 5) is 28.1. The van der Waals surface area contributed by atoms with Crippen molar-refractivity contribution in [3.8, 4) is 0 Å². The van der Waals surface area contributed by atoms with Gasteiger partial charge in [0.15, 0.2) is 0 Å². The summed E-state index contributed by atoms with van der Waals surface area (Å²) in [5.41, 5.74) is 0.630. The molecule has 1 amide bonds. The van der Waals surface area contributed by atoms with E-state index in [1.165, 1.54) is 12.8 Å². The first-order valence-electron chi connectivity index (χ1n) is 8.48. The smallest absolute Gasteiger partial charge is 0.311 e. The Labute approximate surface area is 147 Å². The van der Waals surface area contributed by atoms with Crippen molar-refractivity contribution in [2.45, 2.75) is 32.6 Å². The number of carboxylic acids is 1. The molecule has 2 aliphatic rings. The van der Waals surface area contributed by atoms with Crippen molar-refractivity contribution in [3.05, 3.63) is 28.8 Å². The number of likely N-dealkylation sites (tertiary alicyclic amines) is 1. The van der Waals surface area contributed by atoms with Crippen LogP contribution in [0.25, 0.3) is 0 Å². The number of hydrogen-bond acceptors (Lipinski definition) is 3. The first-order valence-corrected chi connectivity index (χ1v) is 8.86. The Morgan fingerprint density at radius 3 is 2.50 bits per heavy atom. The Morgan fingerprint density at radius 1 is 1.17 bits per heavy atom. The van der Waals surface area contributed by atoms with Crippen LogP contribution in [-0.4, -0.2) is 48.1 Å². The van der Waals surface area contributed by atoms with E-state index in [1.54, 1.807) is 24.0 Å². The topological polar surface area (TPSA) is 60.9 Å². The third-order valence-corrected chi connectivity index (χ3v) is 5.44. The van der Waals surface area contributed by atoms with Crippen LogP contribution in [0.1, 0.15) is 43.0 Å². The van der Waals surface area contributed by atoms with Crippen LogP contribution >= 0.6 is 11.6 Å². The summed E-state index contributed by atoms with van der Waals surface area (Å²) in [6, 6.07) is 5.42. The fourth-order valence-electron chi connectivity index (χ4n) is 3.62. The van der Waals surface area contributed by atoms with Gasteiger partial charge in [-0.15, -0.1) is 0 Å². The SMILES string of the molecule is C[C@@]1(C(=O)O)CCCN(C(=O)c2ccc(N3CCCC3)c(Cl)c2)C1. The quantitative estimate of drug-likeness (QED) is 0.908. The summed E-state index contributed by atoms with van der Waals surface area (Å²) >= 11 is 6.39. The predicted molar refractivity (Wildman–Crippen MR) is 93.8 cm³/mol. The summed E-state index contributed by atoms with van der Waals surface area (Å²) in [7, 11) is 0. The van der Waals surface area contributed by atoms with E-state index in [4.69, 9.17) is 11.6 Å². The van der Waals surface area contributed by atoms with Crippen molar-refractivity contribution >= 4 is 29.2 Å². The van der Waals surface area contributed by atoms with Crippen LogP contribution in [0, 0.1) is 5.41 Å². The van der Waals surface area contributed by atoms with E-state index in [9.17, 15) is 14.7 Å². The predicted octanol–water partition coefficient (Wildman–Crippen LogP) is 3.27. The largest absolute Gasteiger partial charge is 0.481 e. The minimum Gasteiger partial charge on any atom is -0.481 e. The van der Waals surface area contributed by atoms with Crippen LogP contribution in [0.15, 0.2) is 18.2 Å². The second kappa shape index (κ2) is 6.63. The maximum absolute atomic E-state index is 12.8. The van der Waals surface area contributed by atoms with Gasteiger partial charge in [0, 0.05) is 31.7 Å². The number of amides is 1. The number of piperidine rings is 1. The number of carbonyl (C=O) groups excluding carboxylic acids is 1. The minimum absolute atomic E-state index is 0.142. The van der Waals surface area contributed by atoms with E-state index in [2.05, 4.69) is 4.90 Å². The molecule has 0 radical (unpaired) electrons. The molecule has 3 rings (SSSR count). The van der Waals surface area contributed by atoms with E-state index >= 15 is 0 Å². The van der Waals surface area contributed by atoms with E-state index in [0.29, 0.717) is 30.0 Å². The van der Waals surface area contributed by atoms with Crippen molar-refractivity contribution < 1.29 is 14.7 Å². The second-order valence-electron chi connectivity index (χ2n) is 7.06. The first kappa shape index (κ1) is 17.1. The summed E-state index contributed by atoms with van der Waals surface area (Å²) < 4.78 is 0. The van der Waals surface area contributed by atoms with E-state index in [-0.39, 0.29) is 12.5 Å². The highest BCUT2D eigenvalue weighted by atomic mass is 35.5. The zero-order valence-corrected chi connectivity index (χ0v) is 14.7. The highest BCUT2D eigenvalue weighted by molar-refractivity contribution is 6.33. The third kappa shape index (κ3) is 3.22. The molecule has 0 saturated carbocycles. The van der Waals surface area contributed by atoms with Gasteiger partial charge in [-0.05, 0) is 50.8 Å². The van der Waals surface area contributed by atoms with Gasteiger partial charge < -0.3 is 14.9 Å². The summed E-state index contributed by atoms with van der Waals surface area (Å²) in [5.74, 6) is -0.987. The lowest BCUT2D eigenvalue weighted by atomic mass is 9.82. The van der Waals surface area contributed by atoms with Crippen LogP contribution in [0.5, 0.6) is 0 Å². The standard InChI is InChI=1S/C18H23ClN2O3/c1-18(17(23)24)7-4-10-21(12-18)16(22)13-5-6-15(14(19)11-13)20-8-2-3-9-20/h5-6,11H,2-4,7-10,12H2,1H3,(H,23,24)/t18-/m1/s1. The highest BCUT2D eigenvalue weighted by Gasteiger charge is 2.39. The molecule has 1 aromatic carbocycles. The number of carboxylic acid groups (broad SMARTS) is 1. The Balaban J connectivity index is 1.77. The molecule has 24 heavy (non-hydrogen) atoms. The molecule has 0 spiro atoms. The Bertz CT molecular complexity index is 658. The van der Waals surface area contributed by atoms with Crippen LogP contribution in [0.2, 0.25) is 5.02 Å². The molecule has 0 unspecified atom stereocenters. The summed E-state index contributed by atoms with van der Waals surface area (Å²) in [6.07, 6.45) is 3.63. The molecular formula is C18H23ClN2O3. The maximum Gasteiger partial charge on any atom is 0.311 e. The van der Waals surface area contributed by atoms with Gasteiger partial charge in [0.1, 0.15) is 0 Å². The zero-order valence-electron chi connectivity index (χ0n) is 13.9. The normalized spacial score (nSPS) is 24.2. The number of nitrogens with zero attached hydrogens (tertiary/aromatic N) is 2. The van der Waals surface area contributed by atoms with Crippen LogP contribution < -0.4 is 4.90 Å². The molecule has 2 saturated heterocycles. The number of halogens is 1. The summed E-state index contributed by atoms with van der Waals surface area (Å²) in [6.45, 7) is 4.53. The van der Waals surface area contributed by atoms with Gasteiger partial charge in [-0.25, -0.2) is 0 Å². The van der Waals surface area contributed by atoms with Gasteiger partial charge in [0.2, 0.25) is 0 Å². The zero-order chi connectivity index (χ0) is 17.3. The van der Waals surface area contributed by atoms with Gasteiger partial charge in [-0.3, -0.25) is 9.59 Å². The Morgan fingerprint density at radius 2 is 1.88 bits per heavy atom. The van der Waals surface area contributed by atoms with Gasteiger partial charge in [0.05, 0.1) is 16.1 Å². The van der Waals surface area contributed by atoms with Gasteiger partial charge >= 0.3 is 5.97 Å². The highest BCUT2D eigenvalue weighted by Crippen LogP contribution is 2.33. The first-order chi connectivity index (χ1) is 11.4. The van der Waals surface area contributed by atoms with E-state index in [1.807, 2.05) is 6.07 Å². The second-order valence-corrected chi connectivity index (χ2v) is 7.46. The van der Waals surface area contributed by atoms with E-state index < -0.39 is 11.4 Å². The Kier molecular flexibility index (Phi) is 4.72. The lowest BCUT2D eigenvalue weighted by Gasteiger charge is -2.37. The number of aliphatic carboxylic acids is 1. The van der Waals surface area contributed by atoms with Crippen LogP contribution in [-0.2, 0) is 4.79 Å².